The molecule has 0 bridgehead atoms. The number of fused-ring (bicyclic) bond motifs is 1. The van der Waals surface area contributed by atoms with Crippen molar-refractivity contribution in [2.45, 2.75) is 24.5 Å². The van der Waals surface area contributed by atoms with Crippen molar-refractivity contribution in [2.24, 2.45) is 0 Å². The number of aliphatic hydroxyl groups excluding tert-OH is 3. The Morgan fingerprint density at radius 3 is 2.63 bits per heavy atom. The van der Waals surface area contributed by atoms with Crippen molar-refractivity contribution in [3.05, 3.63) is 48.5 Å². The van der Waals surface area contributed by atoms with E-state index in [1.807, 2.05) is 6.07 Å². The van der Waals surface area contributed by atoms with Crippen molar-refractivity contribution in [2.75, 3.05) is 11.9 Å². The Balaban J connectivity index is 1.65. The summed E-state index contributed by atoms with van der Waals surface area (Å²) in [5.74, 6) is -0.141. The number of nitrogens with one attached hydrogen (secondary N) is 1. The molecule has 27 heavy (non-hydrogen) atoms. The number of aromatic nitrogens is 4. The van der Waals surface area contributed by atoms with Crippen LogP contribution < -0.4 is 5.32 Å². The lowest BCUT2D eigenvalue weighted by Crippen LogP contribution is -2.33. The van der Waals surface area contributed by atoms with Crippen molar-refractivity contribution in [1.29, 1.82) is 0 Å². The van der Waals surface area contributed by atoms with E-state index in [0.29, 0.717) is 16.7 Å². The Labute approximate surface area is 153 Å². The Kier molecular flexibility index (Phi) is 4.54. The molecule has 0 unspecified atom stereocenters. The molecule has 1 amide bonds. The molecular weight excluding hydrogens is 354 g/mol. The van der Waals surface area contributed by atoms with E-state index in [1.54, 1.807) is 24.3 Å². The van der Waals surface area contributed by atoms with Gasteiger partial charge in [0.25, 0.3) is 5.91 Å². The van der Waals surface area contributed by atoms with Crippen LogP contribution in [0.1, 0.15) is 16.6 Å². The fraction of sp³-hybridized carbons (Fsp3) is 0.294. The fourth-order valence-electron chi connectivity index (χ4n) is 3.01. The molecule has 0 aliphatic carbocycles. The monoisotopic (exact) mass is 371 g/mol. The third-order valence-electron chi connectivity index (χ3n) is 4.42. The van der Waals surface area contributed by atoms with E-state index in [-0.39, 0.29) is 11.7 Å². The summed E-state index contributed by atoms with van der Waals surface area (Å²) in [5.41, 5.74) is 1.08. The number of imidazole rings is 1. The van der Waals surface area contributed by atoms with Crippen molar-refractivity contribution >= 4 is 22.9 Å². The smallest absolute Gasteiger partial charge is 0.256 e. The highest BCUT2D eigenvalue weighted by atomic mass is 16.6. The van der Waals surface area contributed by atoms with E-state index in [1.165, 1.54) is 17.2 Å². The second-order valence-electron chi connectivity index (χ2n) is 6.10. The number of carbonyl (C=O) groups is 1. The molecule has 1 aromatic carbocycles. The first-order valence-electron chi connectivity index (χ1n) is 8.26. The Morgan fingerprint density at radius 2 is 1.93 bits per heavy atom. The summed E-state index contributed by atoms with van der Waals surface area (Å²) >= 11 is 0. The van der Waals surface area contributed by atoms with Gasteiger partial charge in [-0.1, -0.05) is 18.2 Å². The van der Waals surface area contributed by atoms with Gasteiger partial charge in [-0.25, -0.2) is 15.0 Å². The minimum atomic E-state index is -1.27. The molecule has 1 aliphatic rings. The largest absolute Gasteiger partial charge is 0.394 e. The lowest BCUT2D eigenvalue weighted by Gasteiger charge is -2.16. The third kappa shape index (κ3) is 3.04. The first-order valence-corrected chi connectivity index (χ1v) is 8.26. The van der Waals surface area contributed by atoms with Gasteiger partial charge < -0.3 is 25.4 Å². The molecule has 3 aromatic rings. The number of ether oxygens (including phenoxy) is 1. The van der Waals surface area contributed by atoms with Crippen LogP contribution in [-0.2, 0) is 4.74 Å². The molecule has 0 saturated carbocycles. The average Bonchev–Trinajstić information content (AvgIpc) is 3.25. The number of nitrogens with zero attached hydrogens (tertiary/aromatic N) is 4. The zero-order valence-electron chi connectivity index (χ0n) is 14.0. The first kappa shape index (κ1) is 17.5. The van der Waals surface area contributed by atoms with Crippen LogP contribution in [0.15, 0.2) is 43.0 Å². The van der Waals surface area contributed by atoms with Crippen LogP contribution in [-0.4, -0.2) is 65.7 Å². The SMILES string of the molecule is O=C(Nc1ncnc2c1ncn2[C@H]1O[C@@H](CO)[C@H](O)[C@@H]1O)c1ccccc1. The van der Waals surface area contributed by atoms with Gasteiger partial charge in [-0.05, 0) is 12.1 Å². The van der Waals surface area contributed by atoms with Crippen LogP contribution in [0.2, 0.25) is 0 Å². The van der Waals surface area contributed by atoms with Crippen molar-refractivity contribution in [1.82, 2.24) is 19.5 Å². The molecule has 4 N–H and O–H groups in total. The molecule has 3 heterocycles. The van der Waals surface area contributed by atoms with Gasteiger partial charge in [0.2, 0.25) is 0 Å². The molecule has 1 aliphatic heterocycles. The van der Waals surface area contributed by atoms with Crippen LogP contribution in [0.5, 0.6) is 0 Å². The van der Waals surface area contributed by atoms with E-state index in [0.717, 1.165) is 0 Å². The highest BCUT2D eigenvalue weighted by molar-refractivity contribution is 6.06. The maximum Gasteiger partial charge on any atom is 0.256 e. The molecular formula is C17H17N5O5. The number of hydrogen-bond acceptors (Lipinski definition) is 8. The molecule has 1 saturated heterocycles. The number of amides is 1. The molecule has 140 valence electrons. The van der Waals surface area contributed by atoms with Crippen LogP contribution >= 0.6 is 0 Å². The predicted molar refractivity (Wildman–Crippen MR) is 92.7 cm³/mol. The van der Waals surface area contributed by atoms with Gasteiger partial charge in [-0.3, -0.25) is 9.36 Å². The van der Waals surface area contributed by atoms with Gasteiger partial charge in [0.1, 0.15) is 24.6 Å². The quantitative estimate of drug-likeness (QED) is 0.489. The van der Waals surface area contributed by atoms with Crippen molar-refractivity contribution < 1.29 is 24.9 Å². The standard InChI is InChI=1S/C17H17N5O5/c23-6-10-12(24)13(25)17(27-10)22-8-20-11-14(18-7-19-15(11)22)21-16(26)9-4-2-1-3-5-9/h1-5,7-8,10,12-13,17,23-25H,6H2,(H,18,19,21,26)/t10-,12-,13-,17-/m0/s1. The number of aliphatic hydroxyl groups is 3. The van der Waals surface area contributed by atoms with Crippen LogP contribution in [0.3, 0.4) is 0 Å². The highest BCUT2D eigenvalue weighted by Crippen LogP contribution is 2.32. The molecule has 4 atom stereocenters. The maximum absolute atomic E-state index is 12.4. The summed E-state index contributed by atoms with van der Waals surface area (Å²) in [5, 5.41) is 32.1. The summed E-state index contributed by atoms with van der Waals surface area (Å²) in [6, 6.07) is 8.65. The Morgan fingerprint density at radius 1 is 1.15 bits per heavy atom. The van der Waals surface area contributed by atoms with Gasteiger partial charge >= 0.3 is 0 Å². The summed E-state index contributed by atoms with van der Waals surface area (Å²) in [6.07, 6.45) is -1.77. The lowest BCUT2D eigenvalue weighted by molar-refractivity contribution is -0.0511. The second-order valence-corrected chi connectivity index (χ2v) is 6.10. The summed E-state index contributed by atoms with van der Waals surface area (Å²) in [6.45, 7) is -0.436. The van der Waals surface area contributed by atoms with E-state index < -0.39 is 31.1 Å². The number of carbonyl (C=O) groups excluding carboxylic acids is 1. The maximum atomic E-state index is 12.4. The molecule has 10 heteroatoms. The molecule has 0 radical (unpaired) electrons. The summed E-state index contributed by atoms with van der Waals surface area (Å²) in [7, 11) is 0. The number of hydrogen-bond donors (Lipinski definition) is 4. The molecule has 1 fully saturated rings. The van der Waals surface area contributed by atoms with Gasteiger partial charge in [0.15, 0.2) is 23.2 Å². The van der Waals surface area contributed by atoms with Crippen LogP contribution in [0.25, 0.3) is 11.2 Å². The van der Waals surface area contributed by atoms with Crippen molar-refractivity contribution in [3.8, 4) is 0 Å². The molecule has 10 nitrogen and oxygen atoms in total. The van der Waals surface area contributed by atoms with Crippen LogP contribution in [0, 0.1) is 0 Å². The lowest BCUT2D eigenvalue weighted by atomic mass is 10.1. The topological polar surface area (TPSA) is 143 Å². The van der Waals surface area contributed by atoms with Gasteiger partial charge in [-0.15, -0.1) is 0 Å². The van der Waals surface area contributed by atoms with Gasteiger partial charge in [0, 0.05) is 5.56 Å². The molecule has 2 aromatic heterocycles. The van der Waals surface area contributed by atoms with E-state index in [9.17, 15) is 20.1 Å². The average molecular weight is 371 g/mol. The first-order chi connectivity index (χ1) is 13.1. The Hall–Kier alpha value is -2.92. The third-order valence-corrected chi connectivity index (χ3v) is 4.42. The second kappa shape index (κ2) is 7.00. The van der Waals surface area contributed by atoms with Gasteiger partial charge in [0.05, 0.1) is 12.9 Å². The Bertz CT molecular complexity index is 963. The summed E-state index contributed by atoms with van der Waals surface area (Å²) < 4.78 is 6.93. The fourth-order valence-corrected chi connectivity index (χ4v) is 3.01. The number of rotatable bonds is 4. The number of benzene rings is 1. The molecule has 4 rings (SSSR count). The van der Waals surface area contributed by atoms with Gasteiger partial charge in [-0.2, -0.15) is 0 Å². The van der Waals surface area contributed by atoms with E-state index in [2.05, 4.69) is 20.3 Å². The number of anilines is 1. The van der Waals surface area contributed by atoms with Crippen molar-refractivity contribution in [3.63, 3.8) is 0 Å². The minimum Gasteiger partial charge on any atom is -0.394 e. The van der Waals surface area contributed by atoms with E-state index in [4.69, 9.17) is 4.74 Å². The highest BCUT2D eigenvalue weighted by Gasteiger charge is 2.44. The zero-order valence-corrected chi connectivity index (χ0v) is 14.0. The predicted octanol–water partition coefficient (Wildman–Crippen LogP) is -0.310. The minimum absolute atomic E-state index is 0.208. The zero-order chi connectivity index (χ0) is 19.0. The van der Waals surface area contributed by atoms with E-state index >= 15 is 0 Å². The molecule has 0 spiro atoms. The normalized spacial score (nSPS) is 25.0. The van der Waals surface area contributed by atoms with Crippen LogP contribution in [0.4, 0.5) is 5.82 Å². The summed E-state index contributed by atoms with van der Waals surface area (Å²) in [4.78, 5) is 24.8.